The molecule has 4 heteroatoms. The van der Waals surface area contributed by atoms with E-state index < -0.39 is 0 Å². The van der Waals surface area contributed by atoms with Crippen LogP contribution in [0.3, 0.4) is 0 Å². The topological polar surface area (TPSA) is 37.8 Å². The highest BCUT2D eigenvalue weighted by molar-refractivity contribution is 6.28. The summed E-state index contributed by atoms with van der Waals surface area (Å²) < 4.78 is 0. The van der Waals surface area contributed by atoms with Gasteiger partial charge in [0.1, 0.15) is 5.82 Å². The summed E-state index contributed by atoms with van der Waals surface area (Å²) in [5, 5.41) is 3.83. The quantitative estimate of drug-likeness (QED) is 0.834. The van der Waals surface area contributed by atoms with Gasteiger partial charge in [-0.15, -0.1) is 0 Å². The van der Waals surface area contributed by atoms with E-state index in [4.69, 9.17) is 11.6 Å². The first-order chi connectivity index (χ1) is 8.16. The van der Waals surface area contributed by atoms with E-state index in [9.17, 15) is 0 Å². The van der Waals surface area contributed by atoms with E-state index in [1.165, 1.54) is 25.7 Å². The number of hydrogen-bond donors (Lipinski definition) is 1. The predicted molar refractivity (Wildman–Crippen MR) is 71.2 cm³/mol. The van der Waals surface area contributed by atoms with Crippen LogP contribution >= 0.6 is 11.6 Å². The van der Waals surface area contributed by atoms with Crippen LogP contribution in [0.1, 0.15) is 39.5 Å². The SMILES string of the molecule is CC(C)C1CCCCC1Nc1ccnc(Cl)n1. The minimum absolute atomic E-state index is 0.312. The largest absolute Gasteiger partial charge is 0.367 e. The van der Waals surface area contributed by atoms with Gasteiger partial charge in [0.05, 0.1) is 0 Å². The van der Waals surface area contributed by atoms with Gasteiger partial charge in [-0.1, -0.05) is 26.7 Å². The Hall–Kier alpha value is -0.830. The van der Waals surface area contributed by atoms with Crippen LogP contribution in [0.2, 0.25) is 5.28 Å². The fourth-order valence-electron chi connectivity index (χ4n) is 2.74. The summed E-state index contributed by atoms with van der Waals surface area (Å²) in [5.41, 5.74) is 0. The zero-order valence-electron chi connectivity index (χ0n) is 10.5. The molecule has 1 fully saturated rings. The Bertz CT molecular complexity index is 367. The molecule has 1 aromatic heterocycles. The lowest BCUT2D eigenvalue weighted by atomic mass is 9.78. The molecule has 1 saturated carbocycles. The van der Waals surface area contributed by atoms with Gasteiger partial charge in [0.2, 0.25) is 5.28 Å². The number of halogens is 1. The Morgan fingerprint density at radius 3 is 2.82 bits per heavy atom. The van der Waals surface area contributed by atoms with Crippen molar-refractivity contribution in [2.45, 2.75) is 45.6 Å². The molecular formula is C13H20ClN3. The van der Waals surface area contributed by atoms with Gasteiger partial charge in [0.25, 0.3) is 0 Å². The van der Waals surface area contributed by atoms with Gasteiger partial charge in [0, 0.05) is 12.2 Å². The zero-order valence-corrected chi connectivity index (χ0v) is 11.2. The fraction of sp³-hybridized carbons (Fsp3) is 0.692. The highest BCUT2D eigenvalue weighted by Crippen LogP contribution is 2.31. The molecule has 17 heavy (non-hydrogen) atoms. The summed E-state index contributed by atoms with van der Waals surface area (Å²) >= 11 is 5.80. The molecule has 0 bridgehead atoms. The van der Waals surface area contributed by atoms with Gasteiger partial charge in [0.15, 0.2) is 0 Å². The summed E-state index contributed by atoms with van der Waals surface area (Å²) in [7, 11) is 0. The molecule has 0 radical (unpaired) electrons. The van der Waals surface area contributed by atoms with Crippen LogP contribution in [-0.4, -0.2) is 16.0 Å². The zero-order chi connectivity index (χ0) is 12.3. The van der Waals surface area contributed by atoms with Crippen molar-refractivity contribution in [3.05, 3.63) is 17.5 Å². The van der Waals surface area contributed by atoms with Crippen LogP contribution in [0.15, 0.2) is 12.3 Å². The summed E-state index contributed by atoms with van der Waals surface area (Å²) in [4.78, 5) is 8.11. The van der Waals surface area contributed by atoms with Gasteiger partial charge in [-0.3, -0.25) is 0 Å². The van der Waals surface area contributed by atoms with Crippen molar-refractivity contribution in [2.24, 2.45) is 11.8 Å². The average Bonchev–Trinajstić information content (AvgIpc) is 2.29. The molecule has 2 rings (SSSR count). The van der Waals surface area contributed by atoms with Crippen molar-refractivity contribution in [1.29, 1.82) is 0 Å². The van der Waals surface area contributed by atoms with E-state index in [-0.39, 0.29) is 0 Å². The number of hydrogen-bond acceptors (Lipinski definition) is 3. The highest BCUT2D eigenvalue weighted by Gasteiger charge is 2.27. The molecule has 3 nitrogen and oxygen atoms in total. The van der Waals surface area contributed by atoms with E-state index in [1.807, 2.05) is 6.07 Å². The van der Waals surface area contributed by atoms with Gasteiger partial charge in [-0.05, 0) is 42.3 Å². The molecule has 2 atom stereocenters. The fourth-order valence-corrected chi connectivity index (χ4v) is 2.89. The lowest BCUT2D eigenvalue weighted by Crippen LogP contribution is -2.35. The second kappa shape index (κ2) is 5.67. The van der Waals surface area contributed by atoms with Gasteiger partial charge in [-0.2, -0.15) is 0 Å². The maximum absolute atomic E-state index is 5.80. The monoisotopic (exact) mass is 253 g/mol. The highest BCUT2D eigenvalue weighted by atomic mass is 35.5. The van der Waals surface area contributed by atoms with Crippen molar-refractivity contribution < 1.29 is 0 Å². The molecule has 0 aliphatic heterocycles. The van der Waals surface area contributed by atoms with Crippen LogP contribution in [0, 0.1) is 11.8 Å². The average molecular weight is 254 g/mol. The predicted octanol–water partition coefficient (Wildman–Crippen LogP) is 3.76. The van der Waals surface area contributed by atoms with Crippen molar-refractivity contribution in [1.82, 2.24) is 9.97 Å². The first-order valence-electron chi connectivity index (χ1n) is 6.42. The minimum Gasteiger partial charge on any atom is -0.367 e. The molecular weight excluding hydrogens is 234 g/mol. The molecule has 0 saturated heterocycles. The molecule has 0 spiro atoms. The van der Waals surface area contributed by atoms with Crippen LogP contribution in [0.25, 0.3) is 0 Å². The van der Waals surface area contributed by atoms with Crippen molar-refractivity contribution in [3.63, 3.8) is 0 Å². The second-order valence-corrected chi connectivity index (χ2v) is 5.49. The first-order valence-corrected chi connectivity index (χ1v) is 6.79. The Kier molecular flexibility index (Phi) is 4.21. The van der Waals surface area contributed by atoms with Crippen LogP contribution in [0.5, 0.6) is 0 Å². The summed E-state index contributed by atoms with van der Waals surface area (Å²) in [6, 6.07) is 2.41. The Balaban J connectivity index is 2.05. The standard InChI is InChI=1S/C13H20ClN3/c1-9(2)10-5-3-4-6-11(10)16-12-7-8-15-13(14)17-12/h7-11H,3-6H2,1-2H3,(H,15,16,17). The van der Waals surface area contributed by atoms with Gasteiger partial charge >= 0.3 is 0 Å². The molecule has 0 aromatic carbocycles. The van der Waals surface area contributed by atoms with E-state index in [0.29, 0.717) is 17.2 Å². The minimum atomic E-state index is 0.312. The summed E-state index contributed by atoms with van der Waals surface area (Å²) in [6.07, 6.45) is 6.90. The van der Waals surface area contributed by atoms with Gasteiger partial charge < -0.3 is 5.32 Å². The summed E-state index contributed by atoms with van der Waals surface area (Å²) in [5.74, 6) is 2.30. The second-order valence-electron chi connectivity index (χ2n) is 5.15. The smallest absolute Gasteiger partial charge is 0.224 e. The molecule has 1 heterocycles. The molecule has 94 valence electrons. The molecule has 1 N–H and O–H groups in total. The Morgan fingerprint density at radius 2 is 2.12 bits per heavy atom. The maximum Gasteiger partial charge on any atom is 0.224 e. The van der Waals surface area contributed by atoms with E-state index in [2.05, 4.69) is 29.1 Å². The lowest BCUT2D eigenvalue weighted by molar-refractivity contribution is 0.253. The number of rotatable bonds is 3. The lowest BCUT2D eigenvalue weighted by Gasteiger charge is -2.35. The molecule has 1 aromatic rings. The number of nitrogens with one attached hydrogen (secondary N) is 1. The number of anilines is 1. The Morgan fingerprint density at radius 1 is 1.35 bits per heavy atom. The van der Waals surface area contributed by atoms with Crippen LogP contribution in [0.4, 0.5) is 5.82 Å². The van der Waals surface area contributed by atoms with Crippen molar-refractivity contribution in [3.8, 4) is 0 Å². The van der Waals surface area contributed by atoms with E-state index in [1.54, 1.807) is 6.20 Å². The van der Waals surface area contributed by atoms with Crippen molar-refractivity contribution >= 4 is 17.4 Å². The third-order valence-corrected chi connectivity index (χ3v) is 3.82. The summed E-state index contributed by atoms with van der Waals surface area (Å²) in [6.45, 7) is 4.61. The molecule has 1 aliphatic rings. The van der Waals surface area contributed by atoms with E-state index in [0.717, 1.165) is 11.7 Å². The normalized spacial score (nSPS) is 24.9. The van der Waals surface area contributed by atoms with Crippen LogP contribution in [-0.2, 0) is 0 Å². The number of nitrogens with zero attached hydrogens (tertiary/aromatic N) is 2. The molecule has 0 amide bonds. The van der Waals surface area contributed by atoms with Crippen molar-refractivity contribution in [2.75, 3.05) is 5.32 Å². The molecule has 2 unspecified atom stereocenters. The third-order valence-electron chi connectivity index (χ3n) is 3.64. The first kappa shape index (κ1) is 12.6. The van der Waals surface area contributed by atoms with Gasteiger partial charge in [-0.25, -0.2) is 9.97 Å². The molecule has 1 aliphatic carbocycles. The third kappa shape index (κ3) is 3.32. The maximum atomic E-state index is 5.80. The van der Waals surface area contributed by atoms with Crippen LogP contribution < -0.4 is 5.32 Å². The number of aromatic nitrogens is 2. The van der Waals surface area contributed by atoms with E-state index >= 15 is 0 Å². The Labute approximate surface area is 108 Å².